The predicted octanol–water partition coefficient (Wildman–Crippen LogP) is 2.60. The first kappa shape index (κ1) is 12.5. The third kappa shape index (κ3) is 2.50. The zero-order chi connectivity index (χ0) is 11.8. The second-order valence-corrected chi connectivity index (χ2v) is 8.69. The van der Waals surface area contributed by atoms with Gasteiger partial charge in [-0.1, -0.05) is 15.9 Å². The van der Waals surface area contributed by atoms with Gasteiger partial charge in [-0.05, 0) is 31.9 Å². The highest BCUT2D eigenvalue weighted by molar-refractivity contribution is 9.09. The third-order valence-corrected chi connectivity index (χ3v) is 6.98. The number of hydrogen-bond donors (Lipinski definition) is 0. The zero-order valence-electron chi connectivity index (χ0n) is 9.02. The molecule has 0 bridgehead atoms. The highest BCUT2D eigenvalue weighted by Gasteiger charge is 2.29. The molecule has 0 atom stereocenters. The summed E-state index contributed by atoms with van der Waals surface area (Å²) >= 11 is 4.87. The van der Waals surface area contributed by atoms with Crippen LogP contribution in [-0.2, 0) is 10.0 Å². The van der Waals surface area contributed by atoms with Crippen LogP contribution in [0.25, 0.3) is 0 Å². The fourth-order valence-corrected chi connectivity index (χ4v) is 5.06. The molecule has 0 aromatic carbocycles. The maximum Gasteiger partial charge on any atom is 0.252 e. The van der Waals surface area contributed by atoms with Crippen LogP contribution in [0.15, 0.2) is 16.3 Å². The maximum absolute atomic E-state index is 12.2. The second kappa shape index (κ2) is 4.76. The monoisotopic (exact) mass is 323 g/mol. The van der Waals surface area contributed by atoms with E-state index in [1.807, 2.05) is 13.0 Å². The van der Waals surface area contributed by atoms with Crippen molar-refractivity contribution in [2.24, 2.45) is 0 Å². The van der Waals surface area contributed by atoms with Crippen molar-refractivity contribution in [3.8, 4) is 0 Å². The molecule has 0 saturated carbocycles. The van der Waals surface area contributed by atoms with Crippen molar-refractivity contribution in [2.75, 3.05) is 13.1 Å². The molecule has 1 fully saturated rings. The van der Waals surface area contributed by atoms with Crippen LogP contribution in [0.1, 0.15) is 17.7 Å². The summed E-state index contributed by atoms with van der Waals surface area (Å²) in [5.41, 5.74) is 0. The number of sulfonamides is 1. The van der Waals surface area contributed by atoms with Crippen molar-refractivity contribution < 1.29 is 8.42 Å². The van der Waals surface area contributed by atoms with E-state index in [9.17, 15) is 8.42 Å². The van der Waals surface area contributed by atoms with E-state index in [-0.39, 0.29) is 0 Å². The lowest BCUT2D eigenvalue weighted by Gasteiger charge is -2.28. The van der Waals surface area contributed by atoms with Crippen molar-refractivity contribution in [2.45, 2.75) is 28.8 Å². The van der Waals surface area contributed by atoms with E-state index in [0.717, 1.165) is 17.7 Å². The molecule has 3 nitrogen and oxygen atoms in total. The van der Waals surface area contributed by atoms with Crippen LogP contribution in [0.2, 0.25) is 0 Å². The molecule has 0 spiro atoms. The van der Waals surface area contributed by atoms with Gasteiger partial charge in [-0.3, -0.25) is 0 Å². The molecule has 1 aliphatic rings. The fraction of sp³-hybridized carbons (Fsp3) is 0.600. The molecule has 1 aromatic rings. The largest absolute Gasteiger partial charge is 0.252 e. The normalized spacial score (nSPS) is 20.1. The Morgan fingerprint density at radius 2 is 2.00 bits per heavy atom. The van der Waals surface area contributed by atoms with Crippen molar-refractivity contribution in [3.05, 3.63) is 17.0 Å². The molecule has 0 unspecified atom stereocenters. The van der Waals surface area contributed by atoms with Gasteiger partial charge in [0.05, 0.1) is 0 Å². The van der Waals surface area contributed by atoms with Crippen LogP contribution >= 0.6 is 27.3 Å². The van der Waals surface area contributed by atoms with Crippen LogP contribution in [0.4, 0.5) is 0 Å². The predicted molar refractivity (Wildman–Crippen MR) is 69.8 cm³/mol. The zero-order valence-corrected chi connectivity index (χ0v) is 12.2. The highest BCUT2D eigenvalue weighted by Crippen LogP contribution is 2.27. The van der Waals surface area contributed by atoms with Crippen LogP contribution in [0.5, 0.6) is 0 Å². The quantitative estimate of drug-likeness (QED) is 0.784. The Morgan fingerprint density at radius 1 is 1.38 bits per heavy atom. The summed E-state index contributed by atoms with van der Waals surface area (Å²) in [7, 11) is -3.23. The lowest BCUT2D eigenvalue weighted by atomic mass is 10.2. The molecule has 2 heterocycles. The molecule has 0 N–H and O–H groups in total. The van der Waals surface area contributed by atoms with Crippen molar-refractivity contribution >= 4 is 37.3 Å². The van der Waals surface area contributed by atoms with Crippen LogP contribution in [-0.4, -0.2) is 30.6 Å². The molecular formula is C10H14BrNO2S2. The number of alkyl halides is 1. The van der Waals surface area contributed by atoms with Crippen molar-refractivity contribution in [1.29, 1.82) is 0 Å². The molecule has 2 rings (SSSR count). The highest BCUT2D eigenvalue weighted by atomic mass is 79.9. The number of piperidine rings is 1. The standard InChI is InChI=1S/C10H14BrNO2S2/c1-8-2-3-10(15-8)16(13,14)12-6-4-9(11)5-7-12/h2-3,9H,4-7H2,1H3. The summed E-state index contributed by atoms with van der Waals surface area (Å²) in [5, 5.41) is 0. The first-order valence-corrected chi connectivity index (χ1v) is 8.38. The second-order valence-electron chi connectivity index (χ2n) is 3.94. The SMILES string of the molecule is Cc1ccc(S(=O)(=O)N2CCC(Br)CC2)s1. The van der Waals surface area contributed by atoms with E-state index in [4.69, 9.17) is 0 Å². The van der Waals surface area contributed by atoms with Gasteiger partial charge in [0.25, 0.3) is 10.0 Å². The molecule has 16 heavy (non-hydrogen) atoms. The topological polar surface area (TPSA) is 37.4 Å². The van der Waals surface area contributed by atoms with Crippen LogP contribution in [0.3, 0.4) is 0 Å². The summed E-state index contributed by atoms with van der Waals surface area (Å²) in [6.45, 7) is 3.17. The number of rotatable bonds is 2. The fourth-order valence-electron chi connectivity index (χ4n) is 1.74. The van der Waals surface area contributed by atoms with Crippen LogP contribution < -0.4 is 0 Å². The summed E-state index contributed by atoms with van der Waals surface area (Å²) in [6, 6.07) is 3.56. The molecule has 0 aliphatic carbocycles. The van der Waals surface area contributed by atoms with E-state index < -0.39 is 10.0 Å². The molecule has 90 valence electrons. The summed E-state index contributed by atoms with van der Waals surface area (Å²) < 4.78 is 26.5. The molecule has 6 heteroatoms. The Hall–Kier alpha value is 0.0900. The van der Waals surface area contributed by atoms with Gasteiger partial charge in [0.2, 0.25) is 0 Å². The van der Waals surface area contributed by atoms with E-state index in [1.54, 1.807) is 10.4 Å². The Balaban J connectivity index is 2.20. The molecule has 1 saturated heterocycles. The van der Waals surface area contributed by atoms with E-state index in [1.165, 1.54) is 11.3 Å². The van der Waals surface area contributed by atoms with E-state index in [2.05, 4.69) is 15.9 Å². The molecular weight excluding hydrogens is 310 g/mol. The number of halogens is 1. The van der Waals surface area contributed by atoms with Gasteiger partial charge in [-0.25, -0.2) is 8.42 Å². The Kier molecular flexibility index (Phi) is 3.73. The third-order valence-electron chi connectivity index (χ3n) is 2.69. The smallest absolute Gasteiger partial charge is 0.206 e. The Bertz CT molecular complexity index is 461. The summed E-state index contributed by atoms with van der Waals surface area (Å²) in [6.07, 6.45) is 1.78. The minimum absolute atomic E-state index is 0.462. The lowest BCUT2D eigenvalue weighted by Crippen LogP contribution is -2.38. The van der Waals surface area contributed by atoms with Crippen LogP contribution in [0, 0.1) is 6.92 Å². The maximum atomic E-state index is 12.2. The number of thiophene rings is 1. The summed E-state index contributed by atoms with van der Waals surface area (Å²) in [5.74, 6) is 0. The minimum atomic E-state index is -3.23. The number of aryl methyl sites for hydroxylation is 1. The number of hydrogen-bond acceptors (Lipinski definition) is 3. The Labute approximate surface area is 109 Å². The number of nitrogens with zero attached hydrogens (tertiary/aromatic N) is 1. The molecule has 1 aliphatic heterocycles. The first-order valence-electron chi connectivity index (χ1n) is 5.21. The average molecular weight is 324 g/mol. The van der Waals surface area contributed by atoms with Gasteiger partial charge < -0.3 is 0 Å². The Morgan fingerprint density at radius 3 is 2.50 bits per heavy atom. The summed E-state index contributed by atoms with van der Waals surface area (Å²) in [4.78, 5) is 1.50. The molecule has 1 aromatic heterocycles. The van der Waals surface area contributed by atoms with E-state index in [0.29, 0.717) is 22.1 Å². The van der Waals surface area contributed by atoms with Gasteiger partial charge in [-0.15, -0.1) is 11.3 Å². The van der Waals surface area contributed by atoms with Crippen molar-refractivity contribution in [1.82, 2.24) is 4.31 Å². The van der Waals surface area contributed by atoms with Crippen molar-refractivity contribution in [3.63, 3.8) is 0 Å². The lowest BCUT2D eigenvalue weighted by molar-refractivity contribution is 0.355. The van der Waals surface area contributed by atoms with Gasteiger partial charge in [0.15, 0.2) is 0 Å². The molecule has 0 amide bonds. The molecule has 0 radical (unpaired) electrons. The van der Waals surface area contributed by atoms with Gasteiger partial charge in [0.1, 0.15) is 4.21 Å². The van der Waals surface area contributed by atoms with Gasteiger partial charge in [0, 0.05) is 22.8 Å². The van der Waals surface area contributed by atoms with E-state index >= 15 is 0 Å². The first-order chi connectivity index (χ1) is 7.50. The van der Waals surface area contributed by atoms with Gasteiger partial charge in [-0.2, -0.15) is 4.31 Å². The minimum Gasteiger partial charge on any atom is -0.206 e. The van der Waals surface area contributed by atoms with Gasteiger partial charge >= 0.3 is 0 Å². The average Bonchev–Trinajstić information content (AvgIpc) is 2.66.